The van der Waals surface area contributed by atoms with Crippen LogP contribution in [0.3, 0.4) is 0 Å². The van der Waals surface area contributed by atoms with E-state index in [0.717, 1.165) is 5.56 Å². The summed E-state index contributed by atoms with van der Waals surface area (Å²) in [6.07, 6.45) is 3.00. The van der Waals surface area contributed by atoms with Gasteiger partial charge < -0.3 is 10.5 Å². The molecule has 3 heteroatoms. The van der Waals surface area contributed by atoms with Crippen LogP contribution in [0.4, 0.5) is 5.69 Å². The summed E-state index contributed by atoms with van der Waals surface area (Å²) >= 11 is 0. The Balaban J connectivity index is 2.02. The maximum atomic E-state index is 11.5. The van der Waals surface area contributed by atoms with Crippen LogP contribution in [0.25, 0.3) is 6.08 Å². The molecule has 0 spiro atoms. The predicted molar refractivity (Wildman–Crippen MR) is 72.0 cm³/mol. The summed E-state index contributed by atoms with van der Waals surface area (Å²) in [5.74, 6) is 0.0950. The monoisotopic (exact) mass is 239 g/mol. The Bertz CT molecular complexity index is 562. The van der Waals surface area contributed by atoms with Crippen LogP contribution in [0, 0.1) is 0 Å². The van der Waals surface area contributed by atoms with Crippen molar-refractivity contribution in [2.45, 2.75) is 0 Å². The Kier molecular flexibility index (Phi) is 3.76. The van der Waals surface area contributed by atoms with Crippen molar-refractivity contribution in [1.29, 1.82) is 0 Å². The van der Waals surface area contributed by atoms with Crippen molar-refractivity contribution in [2.24, 2.45) is 0 Å². The Morgan fingerprint density at radius 3 is 2.39 bits per heavy atom. The van der Waals surface area contributed by atoms with E-state index in [-0.39, 0.29) is 0 Å². The minimum atomic E-state index is -0.426. The van der Waals surface area contributed by atoms with Gasteiger partial charge in [-0.05, 0) is 29.8 Å². The zero-order valence-corrected chi connectivity index (χ0v) is 9.74. The molecule has 0 bridgehead atoms. The molecule has 3 nitrogen and oxygen atoms in total. The van der Waals surface area contributed by atoms with Crippen LogP contribution in [0.1, 0.15) is 5.56 Å². The van der Waals surface area contributed by atoms with Crippen molar-refractivity contribution in [3.63, 3.8) is 0 Å². The number of nitrogen functional groups attached to an aromatic ring is 1. The topological polar surface area (TPSA) is 52.3 Å². The highest BCUT2D eigenvalue weighted by atomic mass is 16.5. The maximum Gasteiger partial charge on any atom is 0.336 e. The molecule has 0 saturated carbocycles. The van der Waals surface area contributed by atoms with Gasteiger partial charge in [-0.2, -0.15) is 0 Å². The van der Waals surface area contributed by atoms with Crippen molar-refractivity contribution < 1.29 is 9.53 Å². The number of hydrogen-bond acceptors (Lipinski definition) is 3. The molecule has 0 heterocycles. The van der Waals surface area contributed by atoms with Gasteiger partial charge in [0.1, 0.15) is 5.75 Å². The Hall–Kier alpha value is -2.55. The van der Waals surface area contributed by atoms with E-state index in [1.807, 2.05) is 36.4 Å². The van der Waals surface area contributed by atoms with Crippen LogP contribution in [-0.2, 0) is 4.79 Å². The standard InChI is InChI=1S/C15H13NO2/c16-14-9-5-4-6-12(14)10-11-15(17)18-13-7-2-1-3-8-13/h1-11H,16H2/b11-10-. The highest BCUT2D eigenvalue weighted by Crippen LogP contribution is 2.13. The first-order valence-corrected chi connectivity index (χ1v) is 5.55. The number of nitrogens with two attached hydrogens (primary N) is 1. The molecular formula is C15H13NO2. The van der Waals surface area contributed by atoms with Gasteiger partial charge in [-0.25, -0.2) is 4.79 Å². The summed E-state index contributed by atoms with van der Waals surface area (Å²) < 4.78 is 5.11. The number of rotatable bonds is 3. The number of ether oxygens (including phenoxy) is 1. The summed E-state index contributed by atoms with van der Waals surface area (Å²) in [5, 5.41) is 0. The fraction of sp³-hybridized carbons (Fsp3) is 0. The van der Waals surface area contributed by atoms with Gasteiger partial charge in [-0.3, -0.25) is 0 Å². The first-order chi connectivity index (χ1) is 8.75. The van der Waals surface area contributed by atoms with Crippen LogP contribution in [0.5, 0.6) is 5.75 Å². The van der Waals surface area contributed by atoms with E-state index in [1.54, 1.807) is 24.3 Å². The minimum absolute atomic E-state index is 0.426. The number of anilines is 1. The van der Waals surface area contributed by atoms with Gasteiger partial charge in [0.15, 0.2) is 0 Å². The van der Waals surface area contributed by atoms with Crippen LogP contribution in [-0.4, -0.2) is 5.97 Å². The van der Waals surface area contributed by atoms with Crippen LogP contribution >= 0.6 is 0 Å². The van der Waals surface area contributed by atoms with Crippen molar-refractivity contribution in [1.82, 2.24) is 0 Å². The molecule has 0 amide bonds. The van der Waals surface area contributed by atoms with Gasteiger partial charge in [0.2, 0.25) is 0 Å². The molecule has 0 aromatic heterocycles. The third-order valence-electron chi connectivity index (χ3n) is 2.36. The maximum absolute atomic E-state index is 11.5. The summed E-state index contributed by atoms with van der Waals surface area (Å²) in [5.41, 5.74) is 7.18. The first kappa shape index (κ1) is 11.9. The molecule has 0 saturated heterocycles. The first-order valence-electron chi connectivity index (χ1n) is 5.55. The lowest BCUT2D eigenvalue weighted by molar-refractivity contribution is -0.128. The number of carbonyl (C=O) groups is 1. The molecule has 0 atom stereocenters. The molecule has 2 N–H and O–H groups in total. The van der Waals surface area contributed by atoms with E-state index in [4.69, 9.17) is 10.5 Å². The Morgan fingerprint density at radius 2 is 1.67 bits per heavy atom. The molecule has 0 aliphatic heterocycles. The zero-order chi connectivity index (χ0) is 12.8. The van der Waals surface area contributed by atoms with E-state index in [9.17, 15) is 4.79 Å². The van der Waals surface area contributed by atoms with Gasteiger partial charge in [-0.1, -0.05) is 36.4 Å². The van der Waals surface area contributed by atoms with E-state index in [0.29, 0.717) is 11.4 Å². The fourth-order valence-electron chi connectivity index (χ4n) is 1.46. The highest BCUT2D eigenvalue weighted by Gasteiger charge is 1.99. The third kappa shape index (κ3) is 3.22. The summed E-state index contributed by atoms with van der Waals surface area (Å²) in [6, 6.07) is 16.2. The molecular weight excluding hydrogens is 226 g/mol. The minimum Gasteiger partial charge on any atom is -0.423 e. The average molecular weight is 239 g/mol. The molecule has 0 aliphatic carbocycles. The second-order valence-electron chi connectivity index (χ2n) is 3.70. The van der Waals surface area contributed by atoms with Crippen LogP contribution < -0.4 is 10.5 Å². The number of benzene rings is 2. The molecule has 0 radical (unpaired) electrons. The van der Waals surface area contributed by atoms with Gasteiger partial charge in [0.05, 0.1) is 0 Å². The van der Waals surface area contributed by atoms with E-state index < -0.39 is 5.97 Å². The molecule has 2 rings (SSSR count). The third-order valence-corrected chi connectivity index (χ3v) is 2.36. The number of para-hydroxylation sites is 2. The van der Waals surface area contributed by atoms with Crippen molar-refractivity contribution in [3.05, 3.63) is 66.2 Å². The molecule has 2 aromatic carbocycles. The van der Waals surface area contributed by atoms with Crippen LogP contribution in [0.2, 0.25) is 0 Å². The van der Waals surface area contributed by atoms with Gasteiger partial charge in [0.25, 0.3) is 0 Å². The largest absolute Gasteiger partial charge is 0.423 e. The second-order valence-corrected chi connectivity index (χ2v) is 3.70. The molecule has 90 valence electrons. The predicted octanol–water partition coefficient (Wildman–Crippen LogP) is 2.89. The molecule has 18 heavy (non-hydrogen) atoms. The SMILES string of the molecule is Nc1ccccc1/C=C\C(=O)Oc1ccccc1. The molecule has 0 unspecified atom stereocenters. The lowest BCUT2D eigenvalue weighted by Gasteiger charge is -2.00. The van der Waals surface area contributed by atoms with Gasteiger partial charge in [0, 0.05) is 11.8 Å². The lowest BCUT2D eigenvalue weighted by atomic mass is 10.2. The van der Waals surface area contributed by atoms with Crippen molar-refractivity contribution >= 4 is 17.7 Å². The molecule has 0 aliphatic rings. The smallest absolute Gasteiger partial charge is 0.336 e. The molecule has 0 fully saturated rings. The lowest BCUT2D eigenvalue weighted by Crippen LogP contribution is -2.03. The van der Waals surface area contributed by atoms with Gasteiger partial charge in [-0.15, -0.1) is 0 Å². The Morgan fingerprint density at radius 1 is 1.00 bits per heavy atom. The van der Waals surface area contributed by atoms with Crippen molar-refractivity contribution in [3.8, 4) is 5.75 Å². The zero-order valence-electron chi connectivity index (χ0n) is 9.74. The number of esters is 1. The summed E-state index contributed by atoms with van der Waals surface area (Å²) in [6.45, 7) is 0. The van der Waals surface area contributed by atoms with E-state index in [2.05, 4.69) is 0 Å². The number of carbonyl (C=O) groups excluding carboxylic acids is 1. The second kappa shape index (κ2) is 5.68. The quantitative estimate of drug-likeness (QED) is 0.388. The normalized spacial score (nSPS) is 10.4. The fourth-order valence-corrected chi connectivity index (χ4v) is 1.46. The number of hydrogen-bond donors (Lipinski definition) is 1. The summed E-state index contributed by atoms with van der Waals surface area (Å²) in [7, 11) is 0. The van der Waals surface area contributed by atoms with E-state index >= 15 is 0 Å². The van der Waals surface area contributed by atoms with Gasteiger partial charge >= 0.3 is 5.97 Å². The average Bonchev–Trinajstić information content (AvgIpc) is 2.39. The highest BCUT2D eigenvalue weighted by molar-refractivity contribution is 5.89. The van der Waals surface area contributed by atoms with E-state index in [1.165, 1.54) is 6.08 Å². The van der Waals surface area contributed by atoms with Crippen molar-refractivity contribution in [2.75, 3.05) is 5.73 Å². The summed E-state index contributed by atoms with van der Waals surface area (Å²) in [4.78, 5) is 11.5. The Labute approximate surface area is 106 Å². The molecule has 2 aromatic rings. The van der Waals surface area contributed by atoms with Crippen LogP contribution in [0.15, 0.2) is 60.7 Å².